The van der Waals surface area contributed by atoms with Gasteiger partial charge in [-0.2, -0.15) is 4.31 Å². The highest BCUT2D eigenvalue weighted by molar-refractivity contribution is 7.89. The van der Waals surface area contributed by atoms with Gasteiger partial charge in [0, 0.05) is 6.54 Å². The van der Waals surface area contributed by atoms with Crippen molar-refractivity contribution in [3.8, 4) is 0 Å². The number of imidazole rings is 1. The average molecular weight is 287 g/mol. The molecule has 19 heavy (non-hydrogen) atoms. The molecule has 0 amide bonds. The molecule has 0 radical (unpaired) electrons. The molecule has 2 rings (SSSR count). The Kier molecular flexibility index (Phi) is 3.91. The molecule has 2 heterocycles. The third kappa shape index (κ3) is 2.64. The van der Waals surface area contributed by atoms with Gasteiger partial charge in [-0.3, -0.25) is 4.79 Å². The highest BCUT2D eigenvalue weighted by Gasteiger charge is 2.40. The van der Waals surface area contributed by atoms with Crippen molar-refractivity contribution in [1.29, 1.82) is 0 Å². The zero-order chi connectivity index (χ0) is 14.0. The number of aromatic nitrogens is 2. The zero-order valence-corrected chi connectivity index (χ0v) is 11.4. The first-order valence-corrected chi connectivity index (χ1v) is 7.63. The summed E-state index contributed by atoms with van der Waals surface area (Å²) in [4.78, 5) is 17.5. The van der Waals surface area contributed by atoms with Crippen molar-refractivity contribution in [3.63, 3.8) is 0 Å². The van der Waals surface area contributed by atoms with Gasteiger partial charge in [-0.25, -0.2) is 13.4 Å². The summed E-state index contributed by atoms with van der Waals surface area (Å²) >= 11 is 0. The van der Waals surface area contributed by atoms with Crippen LogP contribution in [-0.4, -0.2) is 46.4 Å². The number of piperidine rings is 1. The molecule has 0 aromatic carbocycles. The molecule has 1 aromatic heterocycles. The van der Waals surface area contributed by atoms with Gasteiger partial charge in [0.2, 0.25) is 0 Å². The molecular weight excluding hydrogens is 270 g/mol. The van der Waals surface area contributed by atoms with Crippen LogP contribution in [0.1, 0.15) is 26.2 Å². The predicted octanol–water partition coefficient (Wildman–Crippen LogP) is 0.674. The van der Waals surface area contributed by atoms with Crippen LogP contribution in [-0.2, 0) is 14.8 Å². The van der Waals surface area contributed by atoms with E-state index in [-0.39, 0.29) is 17.5 Å². The van der Waals surface area contributed by atoms with Crippen LogP contribution in [0.4, 0.5) is 0 Å². The maximum atomic E-state index is 12.3. The normalized spacial score (nSPS) is 25.3. The van der Waals surface area contributed by atoms with E-state index in [1.54, 1.807) is 0 Å². The maximum absolute atomic E-state index is 12.3. The van der Waals surface area contributed by atoms with Gasteiger partial charge in [-0.15, -0.1) is 0 Å². The van der Waals surface area contributed by atoms with E-state index in [1.807, 2.05) is 6.92 Å². The highest BCUT2D eigenvalue weighted by Crippen LogP contribution is 2.29. The lowest BCUT2D eigenvalue weighted by Gasteiger charge is -2.35. The van der Waals surface area contributed by atoms with E-state index in [0.717, 1.165) is 10.7 Å². The number of aromatic amines is 1. The largest absolute Gasteiger partial charge is 0.480 e. The molecule has 2 unspecified atom stereocenters. The fraction of sp³-hybridized carbons (Fsp3) is 0.636. The van der Waals surface area contributed by atoms with Crippen LogP contribution in [0, 0.1) is 5.92 Å². The molecule has 2 N–H and O–H groups in total. The fourth-order valence-electron chi connectivity index (χ4n) is 2.41. The average Bonchev–Trinajstić information content (AvgIpc) is 2.92. The molecule has 2 atom stereocenters. The van der Waals surface area contributed by atoms with Crippen LogP contribution in [0.2, 0.25) is 0 Å². The van der Waals surface area contributed by atoms with Crippen molar-refractivity contribution in [2.45, 2.75) is 37.3 Å². The number of carboxylic acids is 1. The third-order valence-corrected chi connectivity index (χ3v) is 5.42. The lowest BCUT2D eigenvalue weighted by Crippen LogP contribution is -2.50. The molecule has 1 aromatic rings. The standard InChI is InChI=1S/C11H17N3O4S/c1-2-8-3-4-14(9(5-8)11(15)16)19(17,18)10-6-12-7-13-10/h6-9H,2-5H2,1H3,(H,12,13)(H,15,16). The molecule has 106 valence electrons. The second-order valence-electron chi connectivity index (χ2n) is 4.68. The van der Waals surface area contributed by atoms with Crippen molar-refractivity contribution in [1.82, 2.24) is 14.3 Å². The Bertz CT molecular complexity index is 540. The first-order chi connectivity index (χ1) is 8.96. The Morgan fingerprint density at radius 3 is 2.89 bits per heavy atom. The topological polar surface area (TPSA) is 103 Å². The summed E-state index contributed by atoms with van der Waals surface area (Å²) in [6.07, 6.45) is 4.37. The summed E-state index contributed by atoms with van der Waals surface area (Å²) in [6.45, 7) is 2.22. The third-order valence-electron chi connectivity index (χ3n) is 3.58. The van der Waals surface area contributed by atoms with Crippen molar-refractivity contribution >= 4 is 16.0 Å². The Morgan fingerprint density at radius 1 is 1.63 bits per heavy atom. The van der Waals surface area contributed by atoms with Crippen molar-refractivity contribution in [2.75, 3.05) is 6.54 Å². The molecule has 1 aliphatic heterocycles. The maximum Gasteiger partial charge on any atom is 0.322 e. The number of hydrogen-bond donors (Lipinski definition) is 2. The van der Waals surface area contributed by atoms with Gasteiger partial charge in [-0.1, -0.05) is 13.3 Å². The number of hydrogen-bond acceptors (Lipinski definition) is 4. The van der Waals surface area contributed by atoms with Gasteiger partial charge in [0.25, 0.3) is 10.0 Å². The van der Waals surface area contributed by atoms with E-state index in [9.17, 15) is 18.3 Å². The molecule has 1 saturated heterocycles. The molecule has 8 heteroatoms. The van der Waals surface area contributed by atoms with Crippen LogP contribution >= 0.6 is 0 Å². The number of nitrogens with one attached hydrogen (secondary N) is 1. The number of sulfonamides is 1. The van der Waals surface area contributed by atoms with Gasteiger partial charge in [0.15, 0.2) is 5.03 Å². The van der Waals surface area contributed by atoms with Crippen molar-refractivity contribution < 1.29 is 18.3 Å². The summed E-state index contributed by atoms with van der Waals surface area (Å²) in [5.41, 5.74) is 0. The molecule has 1 aliphatic rings. The van der Waals surface area contributed by atoms with Gasteiger partial charge in [-0.05, 0) is 18.8 Å². The lowest BCUT2D eigenvalue weighted by molar-refractivity contribution is -0.143. The molecule has 0 bridgehead atoms. The number of carboxylic acid groups (broad SMARTS) is 1. The van der Waals surface area contributed by atoms with E-state index >= 15 is 0 Å². The predicted molar refractivity (Wildman–Crippen MR) is 66.9 cm³/mol. The Labute approximate surface area is 111 Å². The number of carbonyl (C=O) groups is 1. The molecule has 7 nitrogen and oxygen atoms in total. The molecule has 0 spiro atoms. The van der Waals surface area contributed by atoms with Crippen molar-refractivity contribution in [2.24, 2.45) is 5.92 Å². The molecule has 0 aliphatic carbocycles. The Hall–Kier alpha value is -1.41. The Balaban J connectivity index is 2.30. The molecular formula is C11H17N3O4S. The first-order valence-electron chi connectivity index (χ1n) is 6.19. The second kappa shape index (κ2) is 5.30. The van der Waals surface area contributed by atoms with E-state index in [4.69, 9.17) is 0 Å². The zero-order valence-electron chi connectivity index (χ0n) is 10.6. The SMILES string of the molecule is CCC1CCN(S(=O)(=O)c2cnc[nH]2)C(C(=O)O)C1. The minimum Gasteiger partial charge on any atom is -0.480 e. The first kappa shape index (κ1) is 14.0. The summed E-state index contributed by atoms with van der Waals surface area (Å²) < 4.78 is 25.8. The van der Waals surface area contributed by atoms with Crippen LogP contribution < -0.4 is 0 Å². The summed E-state index contributed by atoms with van der Waals surface area (Å²) in [5, 5.41) is 9.19. The van der Waals surface area contributed by atoms with E-state index in [0.29, 0.717) is 12.8 Å². The van der Waals surface area contributed by atoms with Crippen molar-refractivity contribution in [3.05, 3.63) is 12.5 Å². The molecule has 0 saturated carbocycles. The van der Waals surface area contributed by atoms with Crippen LogP contribution in [0.5, 0.6) is 0 Å². The number of rotatable bonds is 4. The van der Waals surface area contributed by atoms with Crippen LogP contribution in [0.3, 0.4) is 0 Å². The summed E-state index contributed by atoms with van der Waals surface area (Å²) in [6, 6.07) is -0.994. The minimum atomic E-state index is -3.81. The second-order valence-corrected chi connectivity index (χ2v) is 6.54. The lowest BCUT2D eigenvalue weighted by atomic mass is 9.90. The molecule has 1 fully saturated rings. The minimum absolute atomic E-state index is 0.0614. The quantitative estimate of drug-likeness (QED) is 0.847. The smallest absolute Gasteiger partial charge is 0.322 e. The Morgan fingerprint density at radius 2 is 2.37 bits per heavy atom. The number of aliphatic carboxylic acids is 1. The van der Waals surface area contributed by atoms with E-state index in [2.05, 4.69) is 9.97 Å². The van der Waals surface area contributed by atoms with Crippen LogP contribution in [0.25, 0.3) is 0 Å². The summed E-state index contributed by atoms with van der Waals surface area (Å²) in [5.74, 6) is -0.837. The summed E-state index contributed by atoms with van der Waals surface area (Å²) in [7, 11) is -3.81. The van der Waals surface area contributed by atoms with Gasteiger partial charge < -0.3 is 10.1 Å². The van der Waals surface area contributed by atoms with Gasteiger partial charge in [0.05, 0.1) is 12.5 Å². The highest BCUT2D eigenvalue weighted by atomic mass is 32.2. The van der Waals surface area contributed by atoms with Gasteiger partial charge in [0.1, 0.15) is 6.04 Å². The monoisotopic (exact) mass is 287 g/mol. The van der Waals surface area contributed by atoms with E-state index in [1.165, 1.54) is 12.5 Å². The van der Waals surface area contributed by atoms with Crippen LogP contribution in [0.15, 0.2) is 17.6 Å². The van der Waals surface area contributed by atoms with Gasteiger partial charge >= 0.3 is 5.97 Å². The fourth-order valence-corrected chi connectivity index (χ4v) is 3.92. The van der Waals surface area contributed by atoms with E-state index < -0.39 is 22.0 Å². The number of nitrogens with zero attached hydrogens (tertiary/aromatic N) is 2. The number of H-pyrrole nitrogens is 1.